The lowest BCUT2D eigenvalue weighted by Gasteiger charge is -2.21. The first-order valence-corrected chi connectivity index (χ1v) is 8.82. The van der Waals surface area contributed by atoms with Crippen molar-refractivity contribution in [3.63, 3.8) is 0 Å². The summed E-state index contributed by atoms with van der Waals surface area (Å²) >= 11 is 0. The zero-order chi connectivity index (χ0) is 21.4. The van der Waals surface area contributed by atoms with E-state index < -0.39 is 35.7 Å². The topological polar surface area (TPSA) is 119 Å². The highest BCUT2D eigenvalue weighted by Gasteiger charge is 2.26. The number of nitrogens with one attached hydrogen (secondary N) is 2. The fourth-order valence-electron chi connectivity index (χ4n) is 2.73. The van der Waals surface area contributed by atoms with Gasteiger partial charge in [-0.25, -0.2) is 9.18 Å². The van der Waals surface area contributed by atoms with Crippen LogP contribution in [0.1, 0.15) is 23.6 Å². The van der Waals surface area contributed by atoms with Crippen LogP contribution >= 0.6 is 0 Å². The Balaban J connectivity index is 2.12. The number of carbonyl (C=O) groups excluding carboxylic acids is 2. The zero-order valence-corrected chi connectivity index (χ0v) is 15.7. The van der Waals surface area contributed by atoms with Crippen molar-refractivity contribution in [2.75, 3.05) is 0 Å². The van der Waals surface area contributed by atoms with Gasteiger partial charge in [0.05, 0.1) is 11.6 Å². The first-order valence-electron chi connectivity index (χ1n) is 8.82. The van der Waals surface area contributed by atoms with Gasteiger partial charge >= 0.3 is 5.97 Å². The van der Waals surface area contributed by atoms with E-state index in [9.17, 15) is 23.9 Å². The van der Waals surface area contributed by atoms with E-state index >= 15 is 0 Å². The van der Waals surface area contributed by atoms with E-state index in [4.69, 9.17) is 5.26 Å². The summed E-state index contributed by atoms with van der Waals surface area (Å²) in [7, 11) is 0. The maximum atomic E-state index is 13.1. The fraction of sp³-hybridized carbons (Fsp3) is 0.238. The quantitative estimate of drug-likeness (QED) is 0.624. The number of carbonyl (C=O) groups is 3. The lowest BCUT2D eigenvalue weighted by molar-refractivity contribution is -0.142. The monoisotopic (exact) mass is 397 g/mol. The minimum absolute atomic E-state index is 0.0100. The average molecular weight is 397 g/mol. The van der Waals surface area contributed by atoms with Crippen molar-refractivity contribution in [2.24, 2.45) is 0 Å². The maximum Gasteiger partial charge on any atom is 0.326 e. The Morgan fingerprint density at radius 3 is 1.97 bits per heavy atom. The molecule has 0 radical (unpaired) electrons. The Morgan fingerprint density at radius 2 is 1.48 bits per heavy atom. The largest absolute Gasteiger partial charge is 0.480 e. The number of hydrogen-bond acceptors (Lipinski definition) is 4. The molecule has 0 aromatic heterocycles. The number of carboxylic acids is 1. The minimum Gasteiger partial charge on any atom is -0.480 e. The molecule has 2 rings (SSSR count). The lowest BCUT2D eigenvalue weighted by Crippen LogP contribution is -2.52. The summed E-state index contributed by atoms with van der Waals surface area (Å²) < 4.78 is 13.1. The van der Waals surface area contributed by atoms with Gasteiger partial charge in [-0.1, -0.05) is 24.3 Å². The van der Waals surface area contributed by atoms with Crippen LogP contribution < -0.4 is 10.6 Å². The van der Waals surface area contributed by atoms with Crippen molar-refractivity contribution in [2.45, 2.75) is 31.8 Å². The van der Waals surface area contributed by atoms with E-state index in [2.05, 4.69) is 10.6 Å². The molecule has 0 spiro atoms. The molecule has 0 aliphatic carbocycles. The second-order valence-electron chi connectivity index (χ2n) is 6.50. The van der Waals surface area contributed by atoms with E-state index in [1.807, 2.05) is 6.07 Å². The number of hydrogen-bond donors (Lipinski definition) is 3. The second-order valence-corrected chi connectivity index (χ2v) is 6.50. The third-order valence-electron chi connectivity index (χ3n) is 4.18. The van der Waals surface area contributed by atoms with E-state index in [-0.39, 0.29) is 12.8 Å². The van der Waals surface area contributed by atoms with Crippen LogP contribution in [0.5, 0.6) is 0 Å². The van der Waals surface area contributed by atoms with Gasteiger partial charge in [-0.2, -0.15) is 5.26 Å². The van der Waals surface area contributed by atoms with E-state index in [0.29, 0.717) is 16.7 Å². The molecule has 2 aromatic carbocycles. The van der Waals surface area contributed by atoms with Crippen LogP contribution in [-0.2, 0) is 27.2 Å². The van der Waals surface area contributed by atoms with E-state index in [1.54, 1.807) is 24.3 Å². The normalized spacial score (nSPS) is 12.3. The molecular weight excluding hydrogens is 377 g/mol. The Hall–Kier alpha value is -3.73. The molecule has 150 valence electrons. The summed E-state index contributed by atoms with van der Waals surface area (Å²) in [5.74, 6) is -2.77. The molecule has 2 amide bonds. The van der Waals surface area contributed by atoms with Crippen LogP contribution in [0.4, 0.5) is 4.39 Å². The van der Waals surface area contributed by atoms with Gasteiger partial charge in [-0.05, 0) is 35.4 Å². The first-order chi connectivity index (χ1) is 13.8. The molecule has 0 aliphatic rings. The third kappa shape index (κ3) is 6.74. The van der Waals surface area contributed by atoms with Crippen molar-refractivity contribution >= 4 is 17.8 Å². The first kappa shape index (κ1) is 21.6. The Morgan fingerprint density at radius 1 is 0.966 bits per heavy atom. The molecule has 3 N–H and O–H groups in total. The summed E-state index contributed by atoms with van der Waals surface area (Å²) in [5, 5.41) is 23.2. The highest BCUT2D eigenvalue weighted by molar-refractivity contribution is 5.90. The van der Waals surface area contributed by atoms with Crippen LogP contribution in [0.3, 0.4) is 0 Å². The number of halogens is 1. The van der Waals surface area contributed by atoms with Crippen LogP contribution in [0, 0.1) is 17.1 Å². The molecule has 0 saturated heterocycles. The van der Waals surface area contributed by atoms with Gasteiger partial charge in [0, 0.05) is 19.8 Å². The zero-order valence-electron chi connectivity index (χ0n) is 15.7. The second kappa shape index (κ2) is 9.99. The van der Waals surface area contributed by atoms with Crippen molar-refractivity contribution in [1.82, 2.24) is 10.6 Å². The summed E-state index contributed by atoms with van der Waals surface area (Å²) in [6.07, 6.45) is 0.0883. The maximum absolute atomic E-state index is 13.1. The fourth-order valence-corrected chi connectivity index (χ4v) is 2.73. The van der Waals surface area contributed by atoms with Crippen molar-refractivity contribution in [1.29, 1.82) is 5.26 Å². The van der Waals surface area contributed by atoms with Crippen LogP contribution in [-0.4, -0.2) is 35.0 Å². The minimum atomic E-state index is -1.23. The van der Waals surface area contributed by atoms with Crippen LogP contribution in [0.25, 0.3) is 0 Å². The van der Waals surface area contributed by atoms with Gasteiger partial charge in [0.2, 0.25) is 11.8 Å². The molecule has 7 nitrogen and oxygen atoms in total. The van der Waals surface area contributed by atoms with Gasteiger partial charge in [-0.15, -0.1) is 0 Å². The molecule has 2 aromatic rings. The molecular formula is C21H20FN3O4. The predicted octanol–water partition coefficient (Wildman–Crippen LogP) is 1.56. The van der Waals surface area contributed by atoms with Gasteiger partial charge in [-0.3, -0.25) is 9.59 Å². The molecule has 8 heteroatoms. The average Bonchev–Trinajstić information content (AvgIpc) is 2.68. The van der Waals surface area contributed by atoms with Gasteiger partial charge in [0.15, 0.2) is 0 Å². The number of rotatable bonds is 8. The number of aliphatic carboxylic acids is 1. The van der Waals surface area contributed by atoms with Crippen LogP contribution in [0.2, 0.25) is 0 Å². The number of nitriles is 1. The van der Waals surface area contributed by atoms with Gasteiger partial charge in [0.1, 0.15) is 17.9 Å². The Bertz CT molecular complexity index is 920. The molecule has 0 aliphatic heterocycles. The highest BCUT2D eigenvalue weighted by atomic mass is 19.1. The molecule has 0 unspecified atom stereocenters. The highest BCUT2D eigenvalue weighted by Crippen LogP contribution is 2.09. The predicted molar refractivity (Wildman–Crippen MR) is 102 cm³/mol. The molecule has 29 heavy (non-hydrogen) atoms. The van der Waals surface area contributed by atoms with E-state index in [0.717, 1.165) is 0 Å². The number of nitrogens with zero attached hydrogens (tertiary/aromatic N) is 1. The summed E-state index contributed by atoms with van der Waals surface area (Å²) in [4.78, 5) is 35.7. The summed E-state index contributed by atoms with van der Waals surface area (Å²) in [5.41, 5.74) is 1.68. The van der Waals surface area contributed by atoms with Crippen molar-refractivity contribution in [3.8, 4) is 6.07 Å². The molecule has 0 fully saturated rings. The Labute approximate surface area is 167 Å². The van der Waals surface area contributed by atoms with Gasteiger partial charge in [0.25, 0.3) is 0 Å². The summed E-state index contributed by atoms with van der Waals surface area (Å²) in [6.45, 7) is 1.25. The standard InChI is InChI=1S/C21H20FN3O4/c1-13(26)24-18(10-15-6-8-17(22)9-7-15)20(27)25-19(21(28)29)11-14-2-4-16(12-23)5-3-14/h2-9,18-19H,10-11H2,1H3,(H,24,26)(H,25,27)(H,28,29)/t18-,19-/m1/s1. The number of benzene rings is 2. The molecule has 2 atom stereocenters. The van der Waals surface area contributed by atoms with Crippen molar-refractivity contribution < 1.29 is 23.9 Å². The SMILES string of the molecule is CC(=O)N[C@H](Cc1ccc(F)cc1)C(=O)N[C@H](Cc1ccc(C#N)cc1)C(=O)O. The smallest absolute Gasteiger partial charge is 0.326 e. The van der Waals surface area contributed by atoms with Gasteiger partial charge < -0.3 is 15.7 Å². The van der Waals surface area contributed by atoms with Crippen LogP contribution in [0.15, 0.2) is 48.5 Å². The molecule has 0 bridgehead atoms. The number of amides is 2. The van der Waals surface area contributed by atoms with Crippen molar-refractivity contribution in [3.05, 3.63) is 71.0 Å². The summed E-state index contributed by atoms with van der Waals surface area (Å²) in [6, 6.07) is 11.5. The molecule has 0 saturated carbocycles. The lowest BCUT2D eigenvalue weighted by atomic mass is 10.0. The third-order valence-corrected chi connectivity index (χ3v) is 4.18. The molecule has 0 heterocycles. The van der Waals surface area contributed by atoms with E-state index in [1.165, 1.54) is 31.2 Å². The number of carboxylic acid groups (broad SMARTS) is 1. The Kier molecular flexibility index (Phi) is 7.43.